The smallest absolute Gasteiger partial charge is 0.251 e. The Hall–Kier alpha value is -1.39. The minimum atomic E-state index is -0.0602. The maximum absolute atomic E-state index is 11.7. The predicted octanol–water partition coefficient (Wildman–Crippen LogP) is 1.23. The van der Waals surface area contributed by atoms with Crippen molar-refractivity contribution in [3.05, 3.63) is 35.4 Å². The van der Waals surface area contributed by atoms with Gasteiger partial charge < -0.3 is 20.7 Å². The predicted molar refractivity (Wildman–Crippen MR) is 123 cm³/mol. The fourth-order valence-electron chi connectivity index (χ4n) is 3.78. The Kier molecular flexibility index (Phi) is 9.46. The van der Waals surface area contributed by atoms with E-state index in [1.54, 1.807) is 14.1 Å². The first-order chi connectivity index (χ1) is 13.2. The van der Waals surface area contributed by atoms with E-state index in [-0.39, 0.29) is 36.0 Å². The number of hydrogen-bond donors (Lipinski definition) is 3. The molecule has 1 aromatic rings. The highest BCUT2D eigenvalue weighted by Gasteiger charge is 2.32. The van der Waals surface area contributed by atoms with Crippen LogP contribution in [0.1, 0.15) is 28.8 Å². The molecule has 1 aromatic carbocycles. The van der Waals surface area contributed by atoms with E-state index in [9.17, 15) is 4.79 Å². The number of benzene rings is 1. The van der Waals surface area contributed by atoms with Gasteiger partial charge in [0.15, 0.2) is 5.96 Å². The molecule has 2 unspecified atom stereocenters. The van der Waals surface area contributed by atoms with Gasteiger partial charge in [0.05, 0.1) is 12.7 Å². The van der Waals surface area contributed by atoms with Crippen LogP contribution < -0.4 is 16.0 Å². The monoisotopic (exact) mass is 501 g/mol. The lowest BCUT2D eigenvalue weighted by Gasteiger charge is -2.35. The molecule has 2 fully saturated rings. The summed E-state index contributed by atoms with van der Waals surface area (Å²) in [6, 6.07) is 8.33. The van der Waals surface area contributed by atoms with E-state index in [4.69, 9.17) is 4.74 Å². The van der Waals surface area contributed by atoms with Crippen molar-refractivity contribution < 1.29 is 9.53 Å². The molecule has 1 amide bonds. The van der Waals surface area contributed by atoms with Gasteiger partial charge >= 0.3 is 0 Å². The van der Waals surface area contributed by atoms with Crippen LogP contribution in [0.2, 0.25) is 0 Å². The average molecular weight is 501 g/mol. The second-order valence-corrected chi connectivity index (χ2v) is 7.16. The molecule has 0 aliphatic carbocycles. The van der Waals surface area contributed by atoms with Gasteiger partial charge in [-0.15, -0.1) is 24.0 Å². The second kappa shape index (κ2) is 11.6. The lowest BCUT2D eigenvalue weighted by atomic mass is 10.1. The molecule has 0 spiro atoms. The summed E-state index contributed by atoms with van der Waals surface area (Å²) in [5.74, 6) is 0.722. The average Bonchev–Trinajstić information content (AvgIpc) is 3.18. The highest BCUT2D eigenvalue weighted by atomic mass is 127. The van der Waals surface area contributed by atoms with Gasteiger partial charge in [-0.1, -0.05) is 12.1 Å². The first-order valence-corrected chi connectivity index (χ1v) is 9.80. The summed E-state index contributed by atoms with van der Waals surface area (Å²) in [6.07, 6.45) is 3.59. The Morgan fingerprint density at radius 3 is 3.00 bits per heavy atom. The van der Waals surface area contributed by atoms with E-state index >= 15 is 0 Å². The quantitative estimate of drug-likeness (QED) is 0.311. The Bertz CT molecular complexity index is 670. The SMILES string of the molecule is CN=C(NCCc1cccc(C(=O)NC)c1)NCC1CN2CCCC2CO1.I. The van der Waals surface area contributed by atoms with E-state index < -0.39 is 0 Å². The molecule has 2 aliphatic heterocycles. The molecule has 3 N–H and O–H groups in total. The van der Waals surface area contributed by atoms with E-state index in [1.165, 1.54) is 19.4 Å². The van der Waals surface area contributed by atoms with Crippen molar-refractivity contribution in [3.8, 4) is 0 Å². The maximum Gasteiger partial charge on any atom is 0.251 e. The molecule has 2 atom stereocenters. The number of morpholine rings is 1. The topological polar surface area (TPSA) is 78.0 Å². The van der Waals surface area contributed by atoms with Crippen molar-refractivity contribution in [2.24, 2.45) is 4.99 Å². The van der Waals surface area contributed by atoms with Gasteiger partial charge in [0.2, 0.25) is 0 Å². The Morgan fingerprint density at radius 2 is 2.21 bits per heavy atom. The number of ether oxygens (including phenoxy) is 1. The van der Waals surface area contributed by atoms with Crippen molar-refractivity contribution in [1.82, 2.24) is 20.9 Å². The van der Waals surface area contributed by atoms with Gasteiger partial charge in [0.25, 0.3) is 5.91 Å². The molecular formula is C20H32IN5O2. The number of carbonyl (C=O) groups excluding carboxylic acids is 1. The van der Waals surface area contributed by atoms with Gasteiger partial charge in [-0.05, 0) is 43.5 Å². The van der Waals surface area contributed by atoms with Gasteiger partial charge in [-0.3, -0.25) is 14.7 Å². The first kappa shape index (κ1) is 22.9. The third kappa shape index (κ3) is 6.31. The fraction of sp³-hybridized carbons (Fsp3) is 0.600. The molecule has 2 saturated heterocycles. The first-order valence-electron chi connectivity index (χ1n) is 9.80. The molecule has 2 heterocycles. The molecule has 0 saturated carbocycles. The number of halogens is 1. The van der Waals surface area contributed by atoms with Gasteiger partial charge in [-0.2, -0.15) is 0 Å². The van der Waals surface area contributed by atoms with Crippen molar-refractivity contribution >= 4 is 35.8 Å². The Morgan fingerprint density at radius 1 is 1.36 bits per heavy atom. The molecule has 156 valence electrons. The van der Waals surface area contributed by atoms with Crippen LogP contribution in [0.4, 0.5) is 0 Å². The zero-order chi connectivity index (χ0) is 19.1. The van der Waals surface area contributed by atoms with Crippen LogP contribution in [-0.4, -0.2) is 75.8 Å². The molecule has 2 aliphatic rings. The third-order valence-electron chi connectivity index (χ3n) is 5.30. The number of nitrogens with zero attached hydrogens (tertiary/aromatic N) is 2. The highest BCUT2D eigenvalue weighted by Crippen LogP contribution is 2.22. The minimum Gasteiger partial charge on any atom is -0.373 e. The van der Waals surface area contributed by atoms with E-state index in [1.807, 2.05) is 24.3 Å². The number of amides is 1. The number of rotatable bonds is 6. The summed E-state index contributed by atoms with van der Waals surface area (Å²) in [7, 11) is 3.42. The van der Waals surface area contributed by atoms with Gasteiger partial charge in [0, 0.05) is 45.3 Å². The lowest BCUT2D eigenvalue weighted by molar-refractivity contribution is -0.0453. The standard InChI is InChI=1S/C20H31N5O2.HI/c1-21-19(26)16-6-3-5-15(11-16)8-9-23-20(22-2)24-12-18-13-25-10-4-7-17(25)14-27-18;/h3,5-6,11,17-18H,4,7-10,12-14H2,1-2H3,(H,21,26)(H2,22,23,24);1H. The molecule has 3 rings (SSSR count). The van der Waals surface area contributed by atoms with E-state index in [2.05, 4.69) is 25.8 Å². The molecule has 7 nitrogen and oxygen atoms in total. The lowest BCUT2D eigenvalue weighted by Crippen LogP contribution is -2.51. The number of fused-ring (bicyclic) bond motifs is 1. The largest absolute Gasteiger partial charge is 0.373 e. The van der Waals surface area contributed by atoms with Crippen molar-refractivity contribution in [2.75, 3.05) is 46.9 Å². The highest BCUT2D eigenvalue weighted by molar-refractivity contribution is 14.0. The zero-order valence-corrected chi connectivity index (χ0v) is 19.1. The van der Waals surface area contributed by atoms with Crippen molar-refractivity contribution in [2.45, 2.75) is 31.4 Å². The normalized spacial score (nSPS) is 22.1. The van der Waals surface area contributed by atoms with Crippen LogP contribution in [0.25, 0.3) is 0 Å². The van der Waals surface area contributed by atoms with Gasteiger partial charge in [0.1, 0.15) is 0 Å². The van der Waals surface area contributed by atoms with Crippen LogP contribution in [-0.2, 0) is 11.2 Å². The van der Waals surface area contributed by atoms with Gasteiger partial charge in [-0.25, -0.2) is 0 Å². The van der Waals surface area contributed by atoms with Crippen LogP contribution >= 0.6 is 24.0 Å². The summed E-state index contributed by atoms with van der Waals surface area (Å²) in [5.41, 5.74) is 1.81. The third-order valence-corrected chi connectivity index (χ3v) is 5.30. The Labute approximate surface area is 184 Å². The summed E-state index contributed by atoms with van der Waals surface area (Å²) in [6.45, 7) is 4.55. The molecule has 8 heteroatoms. The Balaban J connectivity index is 0.00000280. The van der Waals surface area contributed by atoms with Crippen molar-refractivity contribution in [3.63, 3.8) is 0 Å². The molecule has 0 bridgehead atoms. The summed E-state index contributed by atoms with van der Waals surface area (Å²) >= 11 is 0. The van der Waals surface area contributed by atoms with Crippen LogP contribution in [0.3, 0.4) is 0 Å². The number of aliphatic imine (C=N–C) groups is 1. The number of carbonyl (C=O) groups is 1. The second-order valence-electron chi connectivity index (χ2n) is 7.16. The summed E-state index contributed by atoms with van der Waals surface area (Å²) in [4.78, 5) is 18.6. The minimum absolute atomic E-state index is 0. The molecule has 28 heavy (non-hydrogen) atoms. The summed E-state index contributed by atoms with van der Waals surface area (Å²) < 4.78 is 5.98. The molecule has 0 aromatic heterocycles. The van der Waals surface area contributed by atoms with Crippen LogP contribution in [0.15, 0.2) is 29.3 Å². The van der Waals surface area contributed by atoms with Crippen molar-refractivity contribution in [1.29, 1.82) is 0 Å². The van der Waals surface area contributed by atoms with Crippen LogP contribution in [0, 0.1) is 0 Å². The number of hydrogen-bond acceptors (Lipinski definition) is 4. The number of nitrogens with one attached hydrogen (secondary N) is 3. The van der Waals surface area contributed by atoms with Crippen LogP contribution in [0.5, 0.6) is 0 Å². The summed E-state index contributed by atoms with van der Waals surface area (Å²) in [5, 5.41) is 9.36. The molecular weight excluding hydrogens is 469 g/mol. The van der Waals surface area contributed by atoms with E-state index in [0.717, 1.165) is 44.2 Å². The number of guanidine groups is 1. The molecule has 0 radical (unpaired) electrons. The fourth-order valence-corrected chi connectivity index (χ4v) is 3.78. The zero-order valence-electron chi connectivity index (χ0n) is 16.7. The maximum atomic E-state index is 11.7. The van der Waals surface area contributed by atoms with E-state index in [0.29, 0.717) is 11.6 Å².